The summed E-state index contributed by atoms with van der Waals surface area (Å²) in [6, 6.07) is 5.51. The van der Waals surface area contributed by atoms with Crippen molar-refractivity contribution < 1.29 is 9.90 Å². The van der Waals surface area contributed by atoms with Gasteiger partial charge in [-0.05, 0) is 92.4 Å². The van der Waals surface area contributed by atoms with Gasteiger partial charge in [-0.25, -0.2) is 0 Å². The maximum atomic E-state index is 12.9. The van der Waals surface area contributed by atoms with Gasteiger partial charge in [0.2, 0.25) is 0 Å². The molecule has 1 atom stereocenters. The van der Waals surface area contributed by atoms with E-state index in [2.05, 4.69) is 10.6 Å². The number of likely N-dealkylation sites (N-methyl/N-ethyl adjacent to an activating group) is 1. The number of nitrogens with one attached hydrogen (secondary N) is 2. The van der Waals surface area contributed by atoms with Gasteiger partial charge in [-0.1, -0.05) is 24.6 Å². The number of carbonyl (C=O) groups is 1. The average Bonchev–Trinajstić information content (AvgIpc) is 2.65. The zero-order valence-electron chi connectivity index (χ0n) is 17.3. The van der Waals surface area contributed by atoms with Crippen LogP contribution in [0.2, 0.25) is 5.02 Å². The Kier molecular flexibility index (Phi) is 7.53. The van der Waals surface area contributed by atoms with Crippen LogP contribution in [-0.2, 0) is 6.42 Å². The van der Waals surface area contributed by atoms with E-state index >= 15 is 0 Å². The summed E-state index contributed by atoms with van der Waals surface area (Å²) in [6.45, 7) is 4.17. The molecular formula is C23H34Cl2N2O2. The van der Waals surface area contributed by atoms with Gasteiger partial charge in [0.05, 0.1) is 16.7 Å². The second-order valence-corrected chi connectivity index (χ2v) is 9.99. The van der Waals surface area contributed by atoms with Gasteiger partial charge >= 0.3 is 0 Å². The van der Waals surface area contributed by atoms with Crippen molar-refractivity contribution in [3.05, 3.63) is 34.3 Å². The number of hydrogen-bond donors (Lipinski definition) is 3. The lowest BCUT2D eigenvalue weighted by Crippen LogP contribution is -2.51. The Hall–Kier alpha value is -0.810. The summed E-state index contributed by atoms with van der Waals surface area (Å²) in [5.41, 5.74) is 1.78. The van der Waals surface area contributed by atoms with Gasteiger partial charge in [0.1, 0.15) is 0 Å². The summed E-state index contributed by atoms with van der Waals surface area (Å²) in [7, 11) is 0. The van der Waals surface area contributed by atoms with E-state index in [-0.39, 0.29) is 18.3 Å². The van der Waals surface area contributed by atoms with E-state index in [1.165, 1.54) is 38.5 Å². The van der Waals surface area contributed by atoms with E-state index in [0.717, 1.165) is 36.4 Å². The van der Waals surface area contributed by atoms with Crippen LogP contribution in [0.15, 0.2) is 18.2 Å². The fraction of sp³-hybridized carbons (Fsp3) is 0.696. The molecule has 1 amide bonds. The van der Waals surface area contributed by atoms with Crippen molar-refractivity contribution in [2.45, 2.75) is 58.0 Å². The van der Waals surface area contributed by atoms with Crippen LogP contribution < -0.4 is 10.6 Å². The van der Waals surface area contributed by atoms with Crippen LogP contribution in [0.3, 0.4) is 0 Å². The first-order chi connectivity index (χ1) is 13.5. The number of rotatable bonds is 8. The highest BCUT2D eigenvalue weighted by Gasteiger charge is 2.50. The van der Waals surface area contributed by atoms with Crippen LogP contribution >= 0.6 is 24.0 Å². The molecule has 4 bridgehead atoms. The lowest BCUT2D eigenvalue weighted by atomic mass is 9.49. The third-order valence-electron chi connectivity index (χ3n) is 7.17. The van der Waals surface area contributed by atoms with Gasteiger partial charge in [0, 0.05) is 13.1 Å². The van der Waals surface area contributed by atoms with Crippen LogP contribution in [0.5, 0.6) is 0 Å². The molecule has 3 N–H and O–H groups in total. The zero-order chi connectivity index (χ0) is 19.7. The Morgan fingerprint density at radius 3 is 2.41 bits per heavy atom. The maximum Gasteiger partial charge on any atom is 0.252 e. The van der Waals surface area contributed by atoms with Crippen LogP contribution in [0, 0.1) is 23.2 Å². The molecule has 5 rings (SSSR count). The molecule has 1 aromatic rings. The van der Waals surface area contributed by atoms with Crippen LogP contribution in [0.25, 0.3) is 0 Å². The van der Waals surface area contributed by atoms with Crippen molar-refractivity contribution in [3.63, 3.8) is 0 Å². The Balaban J connectivity index is 0.00000240. The van der Waals surface area contributed by atoms with Crippen molar-refractivity contribution in [2.24, 2.45) is 23.2 Å². The quantitative estimate of drug-likeness (QED) is 0.566. The molecule has 4 nitrogen and oxygen atoms in total. The van der Waals surface area contributed by atoms with E-state index in [4.69, 9.17) is 11.6 Å². The number of halogens is 2. The Morgan fingerprint density at radius 1 is 1.21 bits per heavy atom. The number of carbonyl (C=O) groups excluding carboxylic acids is 1. The standard InChI is InChI=1S/C23H33ClN2O2.ClH/c1-2-25-13-19(27)8-15-3-4-21(24)20(9-15)22(28)26-14-23-10-16-5-17(11-23)7-18(6-16)12-23;/h3-4,9,16-19,25,27H,2,5-8,10-14H2,1H3,(H,26,28);1H/t16?,17?,18?,19-,23?;/m1./s1. The third kappa shape index (κ3) is 5.28. The molecule has 0 heterocycles. The fourth-order valence-corrected chi connectivity index (χ4v) is 6.60. The highest BCUT2D eigenvalue weighted by molar-refractivity contribution is 6.33. The summed E-state index contributed by atoms with van der Waals surface area (Å²) in [5, 5.41) is 17.0. The molecule has 0 unspecified atom stereocenters. The van der Waals surface area contributed by atoms with Crippen LogP contribution in [0.1, 0.15) is 61.4 Å². The zero-order valence-corrected chi connectivity index (χ0v) is 18.8. The first-order valence-electron chi connectivity index (χ1n) is 10.9. The predicted octanol–water partition coefficient (Wildman–Crippen LogP) is 4.22. The Morgan fingerprint density at radius 2 is 1.83 bits per heavy atom. The van der Waals surface area contributed by atoms with Crippen molar-refractivity contribution in [1.82, 2.24) is 10.6 Å². The molecule has 0 aromatic heterocycles. The Bertz CT molecular complexity index is 690. The van der Waals surface area contributed by atoms with Gasteiger partial charge < -0.3 is 15.7 Å². The van der Waals surface area contributed by atoms with E-state index in [1.54, 1.807) is 6.07 Å². The monoisotopic (exact) mass is 440 g/mol. The summed E-state index contributed by atoms with van der Waals surface area (Å²) in [4.78, 5) is 12.9. The van der Waals surface area contributed by atoms with Gasteiger partial charge in [-0.15, -0.1) is 12.4 Å². The number of aliphatic hydroxyl groups excluding tert-OH is 1. The van der Waals surface area contributed by atoms with Crippen LogP contribution in [0.4, 0.5) is 0 Å². The topological polar surface area (TPSA) is 61.4 Å². The summed E-state index contributed by atoms with van der Waals surface area (Å²) >= 11 is 6.33. The molecule has 1 aromatic carbocycles. The van der Waals surface area contributed by atoms with Crippen molar-refractivity contribution >= 4 is 29.9 Å². The summed E-state index contributed by atoms with van der Waals surface area (Å²) in [6.07, 6.45) is 8.13. The van der Waals surface area contributed by atoms with Crippen LogP contribution in [-0.4, -0.2) is 36.8 Å². The third-order valence-corrected chi connectivity index (χ3v) is 7.50. The summed E-state index contributed by atoms with van der Waals surface area (Å²) in [5.74, 6) is 2.57. The minimum atomic E-state index is -0.468. The molecule has 4 fully saturated rings. The molecule has 6 heteroatoms. The van der Waals surface area contributed by atoms with Crippen molar-refractivity contribution in [1.29, 1.82) is 0 Å². The fourth-order valence-electron chi connectivity index (χ4n) is 6.40. The van der Waals surface area contributed by atoms with Gasteiger partial charge in [-0.2, -0.15) is 0 Å². The summed E-state index contributed by atoms with van der Waals surface area (Å²) < 4.78 is 0. The van der Waals surface area contributed by atoms with E-state index < -0.39 is 6.10 Å². The lowest BCUT2D eigenvalue weighted by Gasteiger charge is -2.56. The average molecular weight is 441 g/mol. The van der Waals surface area contributed by atoms with Gasteiger partial charge in [-0.3, -0.25) is 4.79 Å². The second-order valence-electron chi connectivity index (χ2n) is 9.58. The molecule has 0 spiro atoms. The predicted molar refractivity (Wildman–Crippen MR) is 120 cm³/mol. The molecule has 4 aliphatic carbocycles. The first-order valence-corrected chi connectivity index (χ1v) is 11.3. The molecule has 4 saturated carbocycles. The molecule has 162 valence electrons. The lowest BCUT2D eigenvalue weighted by molar-refractivity contribution is -0.0503. The highest BCUT2D eigenvalue weighted by Crippen LogP contribution is 2.59. The van der Waals surface area contributed by atoms with E-state index in [1.807, 2.05) is 19.1 Å². The number of hydrogen-bond acceptors (Lipinski definition) is 3. The number of aliphatic hydroxyl groups is 1. The number of benzene rings is 1. The van der Waals surface area contributed by atoms with E-state index in [9.17, 15) is 9.90 Å². The molecule has 0 radical (unpaired) electrons. The van der Waals surface area contributed by atoms with E-state index in [0.29, 0.717) is 29.0 Å². The SMILES string of the molecule is CCNC[C@H](O)Cc1ccc(Cl)c(C(=O)NCC23CC4CC(CC(C4)C2)C3)c1.Cl. The smallest absolute Gasteiger partial charge is 0.252 e. The molecule has 4 aliphatic rings. The van der Waals surface area contributed by atoms with Crippen molar-refractivity contribution in [3.8, 4) is 0 Å². The minimum Gasteiger partial charge on any atom is -0.391 e. The highest BCUT2D eigenvalue weighted by atomic mass is 35.5. The maximum absolute atomic E-state index is 12.9. The largest absolute Gasteiger partial charge is 0.391 e. The molecule has 0 aliphatic heterocycles. The molecule has 29 heavy (non-hydrogen) atoms. The number of amides is 1. The van der Waals surface area contributed by atoms with Crippen molar-refractivity contribution in [2.75, 3.05) is 19.6 Å². The normalized spacial score (nSPS) is 30.7. The molecule has 0 saturated heterocycles. The van der Waals surface area contributed by atoms with Gasteiger partial charge in [0.25, 0.3) is 5.91 Å². The molecular weight excluding hydrogens is 407 g/mol. The second kappa shape index (κ2) is 9.55. The first kappa shape index (κ1) is 22.9. The Labute approximate surface area is 185 Å². The van der Waals surface area contributed by atoms with Gasteiger partial charge in [0.15, 0.2) is 0 Å². The minimum absolute atomic E-state index is 0.